The molecule has 21 N–H and O–H groups in total. The molecule has 0 unspecified atom stereocenters. The minimum Gasteiger partial charge on any atom is -0.481 e. The Kier molecular flexibility index (Phi) is 186. The Hall–Kier alpha value is -3.78. The van der Waals surface area contributed by atoms with E-state index in [4.69, 9.17) is 107 Å². The van der Waals surface area contributed by atoms with Crippen molar-refractivity contribution in [3.63, 3.8) is 0 Å². The maximum Gasteiger partial charge on any atom is 0.303 e. The minimum atomic E-state index is -0.954. The topological polar surface area (TPSA) is 527 Å². The van der Waals surface area contributed by atoms with Crippen molar-refractivity contribution in [1.29, 1.82) is 0 Å². The maximum atomic E-state index is 10.3. The van der Waals surface area contributed by atoms with Crippen LogP contribution >= 0.6 is 0 Å². The van der Waals surface area contributed by atoms with Gasteiger partial charge in [-0.15, -0.1) is 0 Å². The van der Waals surface area contributed by atoms with Crippen molar-refractivity contribution < 1.29 is 136 Å². The van der Waals surface area contributed by atoms with Crippen LogP contribution in [0.3, 0.4) is 0 Å². The van der Waals surface area contributed by atoms with Crippen LogP contribution in [0.15, 0.2) is 0 Å². The van der Waals surface area contributed by atoms with E-state index < -0.39 is 66.3 Å². The second kappa shape index (κ2) is 165. The second-order valence-corrected chi connectivity index (χ2v) is 41.7. The summed E-state index contributed by atoms with van der Waals surface area (Å²) in [4.78, 5) is 62.0. The molecule has 0 atom stereocenters. The molecule has 0 aliphatic heterocycles. The summed E-state index contributed by atoms with van der Waals surface area (Å²) in [6.07, 6.45) is 116. The highest BCUT2D eigenvalue weighted by atomic mass is 16.4. The summed E-state index contributed by atoms with van der Waals surface area (Å²) in [5.74, 6) is -3.92. The number of carbonyl (C=O) groups is 6. The lowest BCUT2D eigenvalue weighted by molar-refractivity contribution is -0.138. The van der Waals surface area contributed by atoms with Gasteiger partial charge in [-0.1, -0.05) is 581 Å². The summed E-state index contributed by atoms with van der Waals surface area (Å²) < 4.78 is 0. The van der Waals surface area contributed by atoms with Crippen molar-refractivity contribution in [3.05, 3.63) is 0 Å². The molecule has 27 nitrogen and oxygen atoms in total. The largest absolute Gasteiger partial charge is 0.481 e. The highest BCUT2D eigenvalue weighted by Crippen LogP contribution is 2.22. The molecule has 0 aromatic carbocycles. The summed E-state index contributed by atoms with van der Waals surface area (Å²) in [5, 5.41) is 171. The first-order valence-electron chi connectivity index (χ1n) is 62.5. The Morgan fingerprint density at radius 2 is 0.167 bits per heavy atom. The molecule has 0 aromatic rings. The summed E-state index contributed by atoms with van der Waals surface area (Å²) in [6.45, 7) is 9.97. The molecule has 0 aliphatic rings. The molecule has 0 fully saturated rings. The lowest BCUT2D eigenvalue weighted by atomic mass is 10.0. The molecule has 0 radical (unpaired) electrons. The molecule has 0 saturated carbocycles. The fourth-order valence-corrected chi connectivity index (χ4v) is 16.2. The van der Waals surface area contributed by atoms with Gasteiger partial charge in [-0.25, -0.2) is 0 Å². The predicted octanol–water partition coefficient (Wildman–Crippen LogP) is 29.7. The van der Waals surface area contributed by atoms with Gasteiger partial charge >= 0.3 is 35.8 Å². The Bertz CT molecular complexity index is 1950. The van der Waals surface area contributed by atoms with Crippen molar-refractivity contribution in [2.24, 2.45) is 0 Å². The smallest absolute Gasteiger partial charge is 0.303 e. The molecule has 0 heterocycles. The molecule has 0 amide bonds. The molecule has 0 rings (SSSR count). The fraction of sp³-hybridized carbons (Fsp3) is 0.951. The molecule has 0 saturated heterocycles. The maximum absolute atomic E-state index is 10.3. The van der Waals surface area contributed by atoms with Gasteiger partial charge in [-0.3, -0.25) is 28.8 Å². The molecule has 910 valence electrons. The van der Waals surface area contributed by atoms with Crippen molar-refractivity contribution in [2.75, 3.05) is 66.1 Å². The summed E-state index contributed by atoms with van der Waals surface area (Å²) in [5.41, 5.74) is 0. The van der Waals surface area contributed by atoms with E-state index in [1.54, 1.807) is 0 Å². The highest BCUT2D eigenvalue weighted by molar-refractivity contribution is 5.68. The van der Waals surface area contributed by atoms with Crippen molar-refractivity contribution >= 4 is 35.8 Å². The minimum absolute atomic E-state index is 0.345. The fourth-order valence-electron chi connectivity index (χ4n) is 16.2. The van der Waals surface area contributed by atoms with Crippen molar-refractivity contribution in [3.8, 4) is 0 Å². The normalized spacial score (nSPS) is 10.7. The van der Waals surface area contributed by atoms with Crippen LogP contribution in [0.5, 0.6) is 0 Å². The SMILES string of the molecule is CCCCCCCCCCCCCCCCCC(=O)O.CCCCCCCCCCCCCCCCCC(=O)O.CCCCCCCCCCCCCCCCCC(=O)O.CCCCCCCCCCCCCCCCCC(=O)O.CCCCCCCCCCCCCCCCCC(=O)O.CCCCCCCCCCCCCCCCCC(=O)O.OCC(O)CO.OCC(O)CO.OCC(O)CO.OCC(O)CO.OCC(O)CO. The molecule has 27 heteroatoms. The molecule has 0 spiro atoms. The lowest BCUT2D eigenvalue weighted by Crippen LogP contribution is -2.15. The van der Waals surface area contributed by atoms with E-state index >= 15 is 0 Å². The zero-order valence-electron chi connectivity index (χ0n) is 98.7. The van der Waals surface area contributed by atoms with Crippen LogP contribution in [0.4, 0.5) is 0 Å². The first kappa shape index (κ1) is 169. The van der Waals surface area contributed by atoms with E-state index in [1.807, 2.05) is 0 Å². The van der Waals surface area contributed by atoms with E-state index in [2.05, 4.69) is 41.5 Å². The van der Waals surface area contributed by atoms with E-state index in [1.165, 1.54) is 501 Å². The predicted molar refractivity (Wildman–Crippen MR) is 624 cm³/mol. The molecule has 0 bridgehead atoms. The molecular weight excluding hydrogens is 1910 g/mol. The standard InChI is InChI=1S/6C18H36O2.5C3H8O3/c6*1-2-3-4-5-6-7-8-9-10-11-12-13-14-15-16-17-18(19)20;5*4-1-3(6)2-5/h6*2-17H2,1H3,(H,19,20);5*3-6H,1-2H2. The number of aliphatic carboxylic acids is 6. The van der Waals surface area contributed by atoms with Gasteiger partial charge in [0.15, 0.2) is 0 Å². The number of rotatable bonds is 106. The number of unbranched alkanes of at least 4 members (excludes halogenated alkanes) is 84. The van der Waals surface area contributed by atoms with Gasteiger partial charge in [0, 0.05) is 38.5 Å². The van der Waals surface area contributed by atoms with Crippen LogP contribution in [0.25, 0.3) is 0 Å². The zero-order chi connectivity index (χ0) is 114. The average Bonchev–Trinajstić information content (AvgIpc) is 1.10. The number of hydrogen-bond acceptors (Lipinski definition) is 21. The van der Waals surface area contributed by atoms with Crippen molar-refractivity contribution in [1.82, 2.24) is 0 Å². The van der Waals surface area contributed by atoms with Gasteiger partial charge in [0.25, 0.3) is 0 Å². The Balaban J connectivity index is -0.000000162. The average molecular weight is 2170 g/mol. The third kappa shape index (κ3) is 212. The Morgan fingerprint density at radius 1 is 0.113 bits per heavy atom. The quantitative estimate of drug-likeness (QED) is 0.0251. The van der Waals surface area contributed by atoms with Gasteiger partial charge < -0.3 is 107 Å². The number of carboxylic acid groups (broad SMARTS) is 6. The number of aliphatic hydroxyl groups excluding tert-OH is 15. The van der Waals surface area contributed by atoms with Gasteiger partial charge in [0.1, 0.15) is 30.5 Å². The third-order valence-corrected chi connectivity index (χ3v) is 26.1. The number of aliphatic hydroxyl groups is 15. The first-order chi connectivity index (χ1) is 72.7. The van der Waals surface area contributed by atoms with Crippen LogP contribution in [0.1, 0.15) is 658 Å². The number of carboxylic acids is 6. The zero-order valence-corrected chi connectivity index (χ0v) is 98.7. The molecule has 0 aromatic heterocycles. The first-order valence-corrected chi connectivity index (χ1v) is 62.5. The van der Waals surface area contributed by atoms with Gasteiger partial charge in [0.05, 0.1) is 66.1 Å². The van der Waals surface area contributed by atoms with E-state index in [-0.39, 0.29) is 66.1 Å². The highest BCUT2D eigenvalue weighted by Gasteiger charge is 2.07. The lowest BCUT2D eigenvalue weighted by Gasteiger charge is -2.03. The van der Waals surface area contributed by atoms with Crippen LogP contribution in [0, 0.1) is 0 Å². The second-order valence-electron chi connectivity index (χ2n) is 41.7. The monoisotopic (exact) mass is 2170 g/mol. The van der Waals surface area contributed by atoms with Gasteiger partial charge in [0.2, 0.25) is 0 Å². The van der Waals surface area contributed by atoms with Crippen LogP contribution in [-0.2, 0) is 28.8 Å². The summed E-state index contributed by atoms with van der Waals surface area (Å²) in [6, 6.07) is 0. The van der Waals surface area contributed by atoms with Gasteiger partial charge in [-0.05, 0) is 38.5 Å². The van der Waals surface area contributed by atoms with E-state index in [9.17, 15) is 28.8 Å². The third-order valence-electron chi connectivity index (χ3n) is 26.1. The number of hydrogen-bond donors (Lipinski definition) is 21. The van der Waals surface area contributed by atoms with Crippen LogP contribution < -0.4 is 0 Å². The molecule has 150 heavy (non-hydrogen) atoms. The summed E-state index contributed by atoms with van der Waals surface area (Å²) >= 11 is 0. The van der Waals surface area contributed by atoms with Crippen LogP contribution in [-0.4, -0.2) is 240 Å². The van der Waals surface area contributed by atoms with E-state index in [0.717, 1.165) is 77.0 Å². The van der Waals surface area contributed by atoms with Crippen LogP contribution in [0.2, 0.25) is 0 Å². The summed E-state index contributed by atoms with van der Waals surface area (Å²) in [7, 11) is 0. The Morgan fingerprint density at radius 3 is 0.207 bits per heavy atom. The van der Waals surface area contributed by atoms with Crippen molar-refractivity contribution in [2.45, 2.75) is 688 Å². The molecule has 0 aliphatic carbocycles. The Labute approximate surface area is 921 Å². The molecular formula is C123H256O27. The van der Waals surface area contributed by atoms with E-state index in [0.29, 0.717) is 38.5 Å². The van der Waals surface area contributed by atoms with Gasteiger partial charge in [-0.2, -0.15) is 0 Å².